The van der Waals surface area contributed by atoms with Crippen LogP contribution in [-0.2, 0) is 0 Å². The predicted molar refractivity (Wildman–Crippen MR) is 102 cm³/mol. The number of piperidine rings is 1. The minimum absolute atomic E-state index is 0.231. The number of hydrogen-bond donors (Lipinski definition) is 0. The Kier molecular flexibility index (Phi) is 5.58. The van der Waals surface area contributed by atoms with Gasteiger partial charge in [-0.1, -0.05) is 79.8 Å². The highest BCUT2D eigenvalue weighted by Crippen LogP contribution is 2.32. The first-order chi connectivity index (χ1) is 11.3. The fourth-order valence-corrected chi connectivity index (χ4v) is 4.09. The van der Waals surface area contributed by atoms with Gasteiger partial charge < -0.3 is 4.90 Å². The molecule has 2 aromatic carbocycles. The molecule has 120 valence electrons. The summed E-state index contributed by atoms with van der Waals surface area (Å²) in [6.45, 7) is 5.71. The number of rotatable bonds is 5. The molecule has 1 atom stereocenters. The molecule has 0 bridgehead atoms. The fraction of sp³-hybridized carbons (Fsp3) is 0.381. The average molecular weight is 324 g/mol. The molecule has 0 aliphatic carbocycles. The van der Waals surface area contributed by atoms with Crippen LogP contribution in [0.25, 0.3) is 0 Å². The molecule has 0 saturated carbocycles. The van der Waals surface area contributed by atoms with Crippen LogP contribution in [0, 0.1) is 5.92 Å². The van der Waals surface area contributed by atoms with Crippen molar-refractivity contribution in [3.8, 4) is 0 Å². The third-order valence-electron chi connectivity index (χ3n) is 4.91. The third kappa shape index (κ3) is 3.88. The summed E-state index contributed by atoms with van der Waals surface area (Å²) in [5.41, 5.74) is 2.63. The van der Waals surface area contributed by atoms with Gasteiger partial charge in [0, 0.05) is 23.2 Å². The molecule has 1 fully saturated rings. The summed E-state index contributed by atoms with van der Waals surface area (Å²) >= 11 is 6.03. The standard InChI is InChI=1S/C21H25NS/c1-2-22-15-9-14-19(16-22)21(23)20(17-10-5-3-6-11-17)18-12-7-4-8-13-18/h3-8,10-13,19-20H,2,9,14-16H2,1H3. The zero-order valence-corrected chi connectivity index (χ0v) is 14.6. The zero-order valence-electron chi connectivity index (χ0n) is 13.8. The molecule has 1 nitrogen and oxygen atoms in total. The minimum atomic E-state index is 0.231. The molecule has 1 aliphatic heterocycles. The Morgan fingerprint density at radius 3 is 2.13 bits per heavy atom. The van der Waals surface area contributed by atoms with Crippen molar-refractivity contribution in [2.24, 2.45) is 5.92 Å². The highest BCUT2D eigenvalue weighted by Gasteiger charge is 2.29. The van der Waals surface area contributed by atoms with E-state index in [0.717, 1.165) is 13.1 Å². The number of nitrogens with zero attached hydrogens (tertiary/aromatic N) is 1. The first-order valence-electron chi connectivity index (χ1n) is 8.65. The van der Waals surface area contributed by atoms with Crippen molar-refractivity contribution in [1.82, 2.24) is 4.90 Å². The van der Waals surface area contributed by atoms with Gasteiger partial charge in [0.15, 0.2) is 0 Å². The summed E-state index contributed by atoms with van der Waals surface area (Å²) < 4.78 is 0. The van der Waals surface area contributed by atoms with Gasteiger partial charge in [0.1, 0.15) is 0 Å². The Labute approximate surface area is 145 Å². The summed E-state index contributed by atoms with van der Waals surface area (Å²) in [4.78, 5) is 3.74. The molecular weight excluding hydrogens is 298 g/mol. The first-order valence-corrected chi connectivity index (χ1v) is 9.06. The van der Waals surface area contributed by atoms with E-state index in [4.69, 9.17) is 12.2 Å². The van der Waals surface area contributed by atoms with E-state index in [1.165, 1.54) is 35.4 Å². The van der Waals surface area contributed by atoms with E-state index >= 15 is 0 Å². The van der Waals surface area contributed by atoms with Crippen LogP contribution in [-0.4, -0.2) is 29.4 Å². The van der Waals surface area contributed by atoms with Crippen LogP contribution >= 0.6 is 12.2 Å². The molecule has 0 N–H and O–H groups in total. The van der Waals surface area contributed by atoms with Gasteiger partial charge in [0.2, 0.25) is 0 Å². The quantitative estimate of drug-likeness (QED) is 0.719. The van der Waals surface area contributed by atoms with Crippen molar-refractivity contribution in [2.75, 3.05) is 19.6 Å². The molecule has 1 aliphatic rings. The molecular formula is C21H25NS. The normalized spacial score (nSPS) is 19.0. The van der Waals surface area contributed by atoms with Gasteiger partial charge in [-0.3, -0.25) is 0 Å². The predicted octanol–water partition coefficient (Wildman–Crippen LogP) is 4.92. The van der Waals surface area contributed by atoms with Crippen molar-refractivity contribution < 1.29 is 0 Å². The Bertz CT molecular complexity index is 583. The van der Waals surface area contributed by atoms with E-state index in [-0.39, 0.29) is 5.92 Å². The van der Waals surface area contributed by atoms with Crippen molar-refractivity contribution >= 4 is 17.1 Å². The summed E-state index contributed by atoms with van der Waals surface area (Å²) in [6, 6.07) is 21.5. The summed E-state index contributed by atoms with van der Waals surface area (Å²) in [5, 5.41) is 0. The lowest BCUT2D eigenvalue weighted by Gasteiger charge is -2.34. The van der Waals surface area contributed by atoms with Gasteiger partial charge in [-0.05, 0) is 37.1 Å². The second-order valence-corrected chi connectivity index (χ2v) is 6.86. The van der Waals surface area contributed by atoms with Crippen molar-refractivity contribution in [2.45, 2.75) is 25.7 Å². The van der Waals surface area contributed by atoms with Gasteiger partial charge in [-0.25, -0.2) is 0 Å². The number of likely N-dealkylation sites (tertiary alicyclic amines) is 1. The van der Waals surface area contributed by atoms with Gasteiger partial charge in [-0.2, -0.15) is 0 Å². The molecule has 2 aromatic rings. The zero-order chi connectivity index (χ0) is 16.1. The van der Waals surface area contributed by atoms with E-state index in [2.05, 4.69) is 72.5 Å². The molecule has 1 saturated heterocycles. The van der Waals surface area contributed by atoms with E-state index in [1.807, 2.05) is 0 Å². The molecule has 0 spiro atoms. The van der Waals surface area contributed by atoms with Crippen LogP contribution in [0.1, 0.15) is 36.8 Å². The Morgan fingerprint density at radius 1 is 1.04 bits per heavy atom. The van der Waals surface area contributed by atoms with Gasteiger partial charge in [0.05, 0.1) is 0 Å². The van der Waals surface area contributed by atoms with Gasteiger partial charge in [-0.15, -0.1) is 0 Å². The second kappa shape index (κ2) is 7.85. The smallest absolute Gasteiger partial charge is 0.0406 e. The Balaban J connectivity index is 1.91. The molecule has 0 amide bonds. The maximum atomic E-state index is 6.03. The largest absolute Gasteiger partial charge is 0.303 e. The fourth-order valence-electron chi connectivity index (χ4n) is 3.62. The third-order valence-corrected chi connectivity index (χ3v) is 5.47. The molecule has 3 rings (SSSR count). The molecule has 1 heterocycles. The Morgan fingerprint density at radius 2 is 1.61 bits per heavy atom. The van der Waals surface area contributed by atoms with Crippen LogP contribution in [0.3, 0.4) is 0 Å². The van der Waals surface area contributed by atoms with Crippen LogP contribution in [0.2, 0.25) is 0 Å². The summed E-state index contributed by atoms with van der Waals surface area (Å²) in [6.07, 6.45) is 2.49. The van der Waals surface area contributed by atoms with Gasteiger partial charge in [0.25, 0.3) is 0 Å². The van der Waals surface area contributed by atoms with Crippen LogP contribution in [0.5, 0.6) is 0 Å². The highest BCUT2D eigenvalue weighted by atomic mass is 32.1. The maximum absolute atomic E-state index is 6.03. The molecule has 0 aromatic heterocycles. The first kappa shape index (κ1) is 16.4. The lowest BCUT2D eigenvalue weighted by molar-refractivity contribution is 0.214. The van der Waals surface area contributed by atoms with Crippen LogP contribution < -0.4 is 0 Å². The van der Waals surface area contributed by atoms with E-state index < -0.39 is 0 Å². The molecule has 1 unspecified atom stereocenters. The maximum Gasteiger partial charge on any atom is 0.0406 e. The average Bonchev–Trinajstić information content (AvgIpc) is 2.64. The number of thiocarbonyl (C=S) groups is 1. The van der Waals surface area contributed by atoms with Crippen molar-refractivity contribution in [3.05, 3.63) is 71.8 Å². The highest BCUT2D eigenvalue weighted by molar-refractivity contribution is 7.80. The van der Waals surface area contributed by atoms with Crippen LogP contribution in [0.4, 0.5) is 0 Å². The van der Waals surface area contributed by atoms with Gasteiger partial charge >= 0.3 is 0 Å². The summed E-state index contributed by atoms with van der Waals surface area (Å²) in [5.74, 6) is 0.748. The number of benzene rings is 2. The lowest BCUT2D eigenvalue weighted by Crippen LogP contribution is -2.39. The molecule has 2 heteroatoms. The van der Waals surface area contributed by atoms with E-state index in [1.54, 1.807) is 0 Å². The molecule has 23 heavy (non-hydrogen) atoms. The summed E-state index contributed by atoms with van der Waals surface area (Å²) in [7, 11) is 0. The van der Waals surface area contributed by atoms with Crippen molar-refractivity contribution in [1.29, 1.82) is 0 Å². The topological polar surface area (TPSA) is 3.24 Å². The second-order valence-electron chi connectivity index (χ2n) is 6.39. The van der Waals surface area contributed by atoms with Crippen molar-refractivity contribution in [3.63, 3.8) is 0 Å². The lowest BCUT2D eigenvalue weighted by atomic mass is 9.80. The SMILES string of the molecule is CCN1CCCC(C(=S)C(c2ccccc2)c2ccccc2)C1. The number of hydrogen-bond acceptors (Lipinski definition) is 2. The molecule has 0 radical (unpaired) electrons. The van der Waals surface area contributed by atoms with E-state index in [0.29, 0.717) is 5.92 Å². The Hall–Kier alpha value is -1.51. The van der Waals surface area contributed by atoms with E-state index in [9.17, 15) is 0 Å². The monoisotopic (exact) mass is 323 g/mol. The minimum Gasteiger partial charge on any atom is -0.303 e. The van der Waals surface area contributed by atoms with Crippen LogP contribution in [0.15, 0.2) is 60.7 Å².